The van der Waals surface area contributed by atoms with Gasteiger partial charge in [-0.25, -0.2) is 15.0 Å². The van der Waals surface area contributed by atoms with E-state index in [-0.39, 0.29) is 0 Å². The Balaban J connectivity index is 1.28. The summed E-state index contributed by atoms with van der Waals surface area (Å²) in [6, 6.07) is 45.0. The number of hydrogen-bond acceptors (Lipinski definition) is 5. The molecule has 6 heteroatoms. The average Bonchev–Trinajstić information content (AvgIpc) is 3.76. The van der Waals surface area contributed by atoms with E-state index in [0.29, 0.717) is 17.5 Å². The van der Waals surface area contributed by atoms with E-state index in [2.05, 4.69) is 122 Å². The molecule has 0 atom stereocenters. The van der Waals surface area contributed by atoms with Crippen molar-refractivity contribution in [1.82, 2.24) is 15.0 Å². The Morgan fingerprint density at radius 1 is 0.489 bits per heavy atom. The third-order valence-corrected chi connectivity index (χ3v) is 14.5. The van der Waals surface area contributed by atoms with E-state index in [9.17, 15) is 0 Å². The zero-order valence-corrected chi connectivity index (χ0v) is 27.6. The molecular formula is C41H27N3OSSi. The van der Waals surface area contributed by atoms with Gasteiger partial charge >= 0.3 is 0 Å². The van der Waals surface area contributed by atoms with Gasteiger partial charge in [0.2, 0.25) is 0 Å². The number of rotatable bonds is 3. The Bertz CT molecular complexity index is 2610. The van der Waals surface area contributed by atoms with E-state index < -0.39 is 8.07 Å². The topological polar surface area (TPSA) is 51.8 Å². The van der Waals surface area contributed by atoms with Crippen LogP contribution in [0.3, 0.4) is 0 Å². The van der Waals surface area contributed by atoms with Gasteiger partial charge in [-0.05, 0) is 45.8 Å². The SMILES string of the molecule is C[Si]1(C)c2ccccc2-c2cccc(-c3nc(-c4cccc5c4oc4ccccc45)nc(-c4cccc5c4sc4ccccc45)n3)c21. The normalized spacial score (nSPS) is 13.5. The van der Waals surface area contributed by atoms with Crippen LogP contribution in [-0.4, -0.2) is 23.0 Å². The van der Waals surface area contributed by atoms with Crippen LogP contribution in [0.4, 0.5) is 0 Å². The number of fused-ring (bicyclic) bond motifs is 9. The first-order valence-electron chi connectivity index (χ1n) is 15.9. The van der Waals surface area contributed by atoms with Crippen LogP contribution < -0.4 is 10.4 Å². The molecule has 0 fully saturated rings. The van der Waals surface area contributed by atoms with Crippen molar-refractivity contribution in [3.05, 3.63) is 127 Å². The maximum absolute atomic E-state index is 6.50. The van der Waals surface area contributed by atoms with E-state index in [1.54, 1.807) is 11.3 Å². The maximum atomic E-state index is 6.50. The van der Waals surface area contributed by atoms with Crippen LogP contribution in [0.5, 0.6) is 0 Å². The molecule has 3 aromatic heterocycles. The van der Waals surface area contributed by atoms with Gasteiger partial charge in [0.1, 0.15) is 19.2 Å². The van der Waals surface area contributed by atoms with Gasteiger partial charge in [-0.2, -0.15) is 0 Å². The molecule has 4 heterocycles. The molecule has 0 aliphatic carbocycles. The predicted octanol–water partition coefficient (Wildman–Crippen LogP) is 9.94. The number of nitrogens with zero attached hydrogens (tertiary/aromatic N) is 3. The summed E-state index contributed by atoms with van der Waals surface area (Å²) >= 11 is 1.79. The minimum absolute atomic E-state index is 0.611. The van der Waals surface area contributed by atoms with Crippen LogP contribution >= 0.6 is 11.3 Å². The summed E-state index contributed by atoms with van der Waals surface area (Å²) in [6.07, 6.45) is 0. The Labute approximate surface area is 276 Å². The molecule has 0 amide bonds. The number of thiophene rings is 1. The van der Waals surface area contributed by atoms with Gasteiger partial charge in [0.15, 0.2) is 17.5 Å². The van der Waals surface area contributed by atoms with Gasteiger partial charge < -0.3 is 4.42 Å². The van der Waals surface area contributed by atoms with Crippen LogP contribution in [0.25, 0.3) is 87.4 Å². The fraction of sp³-hybridized carbons (Fsp3) is 0.0488. The molecular weight excluding hydrogens is 611 g/mol. The standard InChI is InChI=1S/C41H27N3OSSi/c1-47(2)35-23-8-5-14-26(35)29-17-11-20-32(38(29)47)41-43-39(30-18-9-15-27-24-12-3-6-21-33(24)45-36(27)30)42-40(44-41)31-19-10-16-28-25-13-4-7-22-34(25)46-37(28)31/h3-23H,1-2H3. The second-order valence-corrected chi connectivity index (χ2v) is 18.1. The molecule has 0 N–H and O–H groups in total. The van der Waals surface area contributed by atoms with Crippen molar-refractivity contribution in [2.75, 3.05) is 0 Å². The molecule has 0 saturated heterocycles. The van der Waals surface area contributed by atoms with E-state index in [0.717, 1.165) is 38.6 Å². The molecule has 0 bridgehead atoms. The Hall–Kier alpha value is -5.43. The van der Waals surface area contributed by atoms with Gasteiger partial charge in [-0.3, -0.25) is 0 Å². The maximum Gasteiger partial charge on any atom is 0.167 e. The van der Waals surface area contributed by atoms with E-state index in [1.807, 2.05) is 18.2 Å². The molecule has 9 aromatic rings. The molecule has 0 spiro atoms. The molecule has 0 unspecified atom stereocenters. The van der Waals surface area contributed by atoms with Crippen molar-refractivity contribution in [2.45, 2.75) is 13.1 Å². The summed E-state index contributed by atoms with van der Waals surface area (Å²) in [5.74, 6) is 1.98. The lowest BCUT2D eigenvalue weighted by molar-refractivity contribution is 0.669. The first kappa shape index (κ1) is 26.8. The molecule has 1 aliphatic rings. The molecule has 0 radical (unpaired) electrons. The monoisotopic (exact) mass is 637 g/mol. The number of aromatic nitrogens is 3. The van der Waals surface area contributed by atoms with Crippen LogP contribution in [0, 0.1) is 0 Å². The molecule has 1 aliphatic heterocycles. The lowest BCUT2D eigenvalue weighted by Crippen LogP contribution is -2.50. The summed E-state index contributed by atoms with van der Waals surface area (Å²) in [5, 5.41) is 7.45. The first-order chi connectivity index (χ1) is 23.1. The van der Waals surface area contributed by atoms with Crippen molar-refractivity contribution < 1.29 is 4.42 Å². The van der Waals surface area contributed by atoms with Gasteiger partial charge in [-0.1, -0.05) is 116 Å². The Morgan fingerprint density at radius 2 is 1.06 bits per heavy atom. The fourth-order valence-corrected chi connectivity index (χ4v) is 12.3. The molecule has 222 valence electrons. The van der Waals surface area contributed by atoms with E-state index in [4.69, 9.17) is 19.4 Å². The van der Waals surface area contributed by atoms with Crippen molar-refractivity contribution in [1.29, 1.82) is 0 Å². The first-order valence-corrected chi connectivity index (χ1v) is 19.7. The highest BCUT2D eigenvalue weighted by Gasteiger charge is 2.39. The highest BCUT2D eigenvalue weighted by molar-refractivity contribution is 7.26. The predicted molar refractivity (Wildman–Crippen MR) is 198 cm³/mol. The minimum Gasteiger partial charge on any atom is -0.455 e. The van der Waals surface area contributed by atoms with Gasteiger partial charge in [-0.15, -0.1) is 11.3 Å². The number of hydrogen-bond donors (Lipinski definition) is 0. The molecule has 10 rings (SSSR count). The highest BCUT2D eigenvalue weighted by atomic mass is 32.1. The minimum atomic E-state index is -2.05. The summed E-state index contributed by atoms with van der Waals surface area (Å²) in [6.45, 7) is 4.88. The van der Waals surface area contributed by atoms with Crippen LogP contribution in [0.1, 0.15) is 0 Å². The Kier molecular flexibility index (Phi) is 5.57. The smallest absolute Gasteiger partial charge is 0.167 e. The number of benzene rings is 6. The van der Waals surface area contributed by atoms with Crippen molar-refractivity contribution in [2.24, 2.45) is 0 Å². The van der Waals surface area contributed by atoms with Gasteiger partial charge in [0.25, 0.3) is 0 Å². The highest BCUT2D eigenvalue weighted by Crippen LogP contribution is 2.41. The van der Waals surface area contributed by atoms with Crippen molar-refractivity contribution in [3.8, 4) is 45.3 Å². The zero-order chi connectivity index (χ0) is 31.3. The summed E-state index contributed by atoms with van der Waals surface area (Å²) in [7, 11) is -2.05. The molecule has 0 saturated carbocycles. The second kappa shape index (κ2) is 9.78. The largest absolute Gasteiger partial charge is 0.455 e. The second-order valence-electron chi connectivity index (χ2n) is 12.8. The third-order valence-electron chi connectivity index (χ3n) is 9.75. The van der Waals surface area contributed by atoms with Gasteiger partial charge in [0, 0.05) is 42.1 Å². The zero-order valence-electron chi connectivity index (χ0n) is 25.8. The van der Waals surface area contributed by atoms with Crippen molar-refractivity contribution in [3.63, 3.8) is 0 Å². The fourth-order valence-electron chi connectivity index (χ4n) is 7.62. The van der Waals surface area contributed by atoms with Crippen molar-refractivity contribution >= 4 is 71.9 Å². The summed E-state index contributed by atoms with van der Waals surface area (Å²) < 4.78 is 8.93. The molecule has 47 heavy (non-hydrogen) atoms. The number of furan rings is 1. The van der Waals surface area contributed by atoms with Crippen LogP contribution in [-0.2, 0) is 0 Å². The summed E-state index contributed by atoms with van der Waals surface area (Å²) in [4.78, 5) is 15.9. The molecule has 6 aromatic carbocycles. The quantitative estimate of drug-likeness (QED) is 0.181. The van der Waals surface area contributed by atoms with E-state index >= 15 is 0 Å². The van der Waals surface area contributed by atoms with Gasteiger partial charge in [0.05, 0.1) is 5.56 Å². The number of para-hydroxylation sites is 2. The van der Waals surface area contributed by atoms with E-state index in [1.165, 1.54) is 41.7 Å². The summed E-state index contributed by atoms with van der Waals surface area (Å²) in [5.41, 5.74) is 7.22. The molecule has 4 nitrogen and oxygen atoms in total. The third kappa shape index (κ3) is 3.83. The lowest BCUT2D eigenvalue weighted by Gasteiger charge is -2.21. The van der Waals surface area contributed by atoms with Crippen LogP contribution in [0.15, 0.2) is 132 Å². The average molecular weight is 638 g/mol. The van der Waals surface area contributed by atoms with Crippen LogP contribution in [0.2, 0.25) is 13.1 Å². The lowest BCUT2D eigenvalue weighted by atomic mass is 10.0. The Morgan fingerprint density at radius 3 is 1.94 bits per heavy atom.